The fraction of sp³-hybridized carbons (Fsp3) is 0.462. The van der Waals surface area contributed by atoms with Crippen molar-refractivity contribution in [3.05, 3.63) is 35.6 Å². The Morgan fingerprint density at radius 2 is 2.28 bits per heavy atom. The summed E-state index contributed by atoms with van der Waals surface area (Å²) in [5, 5.41) is 2.77. The maximum atomic E-state index is 13.3. The van der Waals surface area contributed by atoms with Gasteiger partial charge in [-0.1, -0.05) is 12.1 Å². The summed E-state index contributed by atoms with van der Waals surface area (Å²) in [6.45, 7) is 3.52. The molecule has 18 heavy (non-hydrogen) atoms. The van der Waals surface area contributed by atoms with Crippen molar-refractivity contribution in [1.29, 1.82) is 0 Å². The predicted molar refractivity (Wildman–Crippen MR) is 67.4 cm³/mol. The van der Waals surface area contributed by atoms with Gasteiger partial charge < -0.3 is 11.1 Å². The number of amides is 1. The van der Waals surface area contributed by atoms with Crippen molar-refractivity contribution in [3.8, 4) is 0 Å². The quantitative estimate of drug-likeness (QED) is 0.829. The van der Waals surface area contributed by atoms with Gasteiger partial charge in [0.1, 0.15) is 5.82 Å². The Labute approximate surface area is 106 Å². The van der Waals surface area contributed by atoms with Crippen molar-refractivity contribution in [2.45, 2.75) is 19.0 Å². The molecule has 5 heteroatoms. The van der Waals surface area contributed by atoms with Gasteiger partial charge in [0.25, 0.3) is 0 Å². The normalized spacial score (nSPS) is 20.3. The summed E-state index contributed by atoms with van der Waals surface area (Å²) < 4.78 is 13.3. The lowest BCUT2D eigenvalue weighted by Gasteiger charge is -2.36. The van der Waals surface area contributed by atoms with Crippen LogP contribution >= 0.6 is 0 Å². The van der Waals surface area contributed by atoms with E-state index in [1.807, 2.05) is 17.9 Å². The first kappa shape index (κ1) is 13.0. The highest BCUT2D eigenvalue weighted by Crippen LogP contribution is 2.24. The van der Waals surface area contributed by atoms with Gasteiger partial charge in [0.05, 0.1) is 12.6 Å². The summed E-state index contributed by atoms with van der Waals surface area (Å²) in [4.78, 5) is 13.4. The minimum atomic E-state index is -0.278. The van der Waals surface area contributed by atoms with Crippen LogP contribution in [0.3, 0.4) is 0 Å². The molecule has 1 aliphatic rings. The van der Waals surface area contributed by atoms with Gasteiger partial charge in [-0.15, -0.1) is 0 Å². The third kappa shape index (κ3) is 2.86. The molecule has 0 aliphatic carbocycles. The number of halogens is 1. The minimum Gasteiger partial charge on any atom is -0.354 e. The molecule has 0 aromatic heterocycles. The van der Waals surface area contributed by atoms with E-state index < -0.39 is 0 Å². The number of rotatable bonds is 3. The van der Waals surface area contributed by atoms with Gasteiger partial charge in [0, 0.05) is 19.1 Å². The van der Waals surface area contributed by atoms with Crippen LogP contribution in [0.15, 0.2) is 24.3 Å². The van der Waals surface area contributed by atoms with Crippen molar-refractivity contribution in [2.24, 2.45) is 5.73 Å². The molecule has 1 fully saturated rings. The molecular formula is C13H18FN3O. The number of hydrogen-bond acceptors (Lipinski definition) is 3. The second-order valence-corrected chi connectivity index (χ2v) is 4.68. The zero-order valence-corrected chi connectivity index (χ0v) is 10.4. The fourth-order valence-electron chi connectivity index (χ4n) is 2.43. The van der Waals surface area contributed by atoms with Crippen molar-refractivity contribution in [3.63, 3.8) is 0 Å². The van der Waals surface area contributed by atoms with Crippen LogP contribution in [0.2, 0.25) is 0 Å². The van der Waals surface area contributed by atoms with Gasteiger partial charge in [-0.3, -0.25) is 9.69 Å². The summed E-state index contributed by atoms with van der Waals surface area (Å²) >= 11 is 0. The predicted octanol–water partition coefficient (Wildman–Crippen LogP) is 0.646. The van der Waals surface area contributed by atoms with E-state index in [2.05, 4.69) is 5.32 Å². The molecular weight excluding hydrogens is 233 g/mol. The Bertz CT molecular complexity index is 436. The van der Waals surface area contributed by atoms with Crippen molar-refractivity contribution >= 4 is 5.91 Å². The number of carbonyl (C=O) groups is 1. The highest BCUT2D eigenvalue weighted by Gasteiger charge is 2.28. The number of benzene rings is 1. The zero-order valence-electron chi connectivity index (χ0n) is 10.4. The molecule has 2 rings (SSSR count). The van der Waals surface area contributed by atoms with Crippen LogP contribution in [0, 0.1) is 5.82 Å². The fourth-order valence-corrected chi connectivity index (χ4v) is 2.43. The second kappa shape index (κ2) is 5.46. The molecule has 1 saturated heterocycles. The molecule has 1 aliphatic heterocycles. The van der Waals surface area contributed by atoms with Crippen LogP contribution < -0.4 is 11.1 Å². The van der Waals surface area contributed by atoms with Crippen LogP contribution in [-0.4, -0.2) is 36.5 Å². The Kier molecular flexibility index (Phi) is 3.93. The van der Waals surface area contributed by atoms with E-state index in [-0.39, 0.29) is 23.8 Å². The summed E-state index contributed by atoms with van der Waals surface area (Å²) in [6.07, 6.45) is 0. The van der Waals surface area contributed by atoms with Crippen LogP contribution in [0.4, 0.5) is 4.39 Å². The largest absolute Gasteiger partial charge is 0.354 e. The Morgan fingerprint density at radius 1 is 1.50 bits per heavy atom. The van der Waals surface area contributed by atoms with Gasteiger partial charge in [-0.25, -0.2) is 4.39 Å². The summed E-state index contributed by atoms with van der Waals surface area (Å²) in [7, 11) is 0. The summed E-state index contributed by atoms with van der Waals surface area (Å²) in [5.41, 5.74) is 6.82. The van der Waals surface area contributed by atoms with Crippen molar-refractivity contribution < 1.29 is 9.18 Å². The topological polar surface area (TPSA) is 58.4 Å². The molecule has 3 N–H and O–H groups in total. The molecule has 0 spiro atoms. The number of nitrogens with two attached hydrogens (primary N) is 1. The molecule has 0 radical (unpaired) electrons. The van der Waals surface area contributed by atoms with Crippen LogP contribution in [-0.2, 0) is 4.79 Å². The average molecular weight is 251 g/mol. The Hall–Kier alpha value is -1.46. The maximum absolute atomic E-state index is 13.3. The highest BCUT2D eigenvalue weighted by atomic mass is 19.1. The van der Waals surface area contributed by atoms with E-state index in [0.29, 0.717) is 13.1 Å². The molecule has 4 nitrogen and oxygen atoms in total. The number of nitrogens with one attached hydrogen (secondary N) is 1. The van der Waals surface area contributed by atoms with Gasteiger partial charge in [0.2, 0.25) is 5.91 Å². The standard InChI is InChI=1S/C13H18FN3O/c1-9(15)13(10-3-2-4-11(14)7-10)17-6-5-16-12(18)8-17/h2-4,7,9,13H,5-6,8,15H2,1H3,(H,16,18). The van der Waals surface area contributed by atoms with E-state index in [1.165, 1.54) is 12.1 Å². The van der Waals surface area contributed by atoms with Gasteiger partial charge in [0.15, 0.2) is 0 Å². The molecule has 1 aromatic rings. The SMILES string of the molecule is CC(N)C(c1cccc(F)c1)N1CCNC(=O)C1. The van der Waals surface area contributed by atoms with E-state index in [4.69, 9.17) is 5.73 Å². The lowest BCUT2D eigenvalue weighted by atomic mass is 9.98. The van der Waals surface area contributed by atoms with E-state index in [0.717, 1.165) is 12.1 Å². The first-order chi connectivity index (χ1) is 8.58. The van der Waals surface area contributed by atoms with Gasteiger partial charge in [-0.05, 0) is 24.6 Å². The van der Waals surface area contributed by atoms with E-state index in [1.54, 1.807) is 6.07 Å². The number of piperazine rings is 1. The molecule has 2 unspecified atom stereocenters. The van der Waals surface area contributed by atoms with Crippen molar-refractivity contribution in [2.75, 3.05) is 19.6 Å². The molecule has 0 saturated carbocycles. The molecule has 98 valence electrons. The van der Waals surface area contributed by atoms with Crippen LogP contribution in [0.5, 0.6) is 0 Å². The van der Waals surface area contributed by atoms with E-state index in [9.17, 15) is 9.18 Å². The minimum absolute atomic E-state index is 0.0108. The summed E-state index contributed by atoms with van der Waals surface area (Å²) in [6, 6.07) is 6.11. The number of carbonyl (C=O) groups excluding carboxylic acids is 1. The number of nitrogens with zero attached hydrogens (tertiary/aromatic N) is 1. The third-order valence-electron chi connectivity index (χ3n) is 3.15. The monoisotopic (exact) mass is 251 g/mol. The van der Waals surface area contributed by atoms with Gasteiger partial charge in [-0.2, -0.15) is 0 Å². The molecule has 1 heterocycles. The average Bonchev–Trinajstić information content (AvgIpc) is 2.28. The zero-order chi connectivity index (χ0) is 13.1. The Balaban J connectivity index is 2.25. The highest BCUT2D eigenvalue weighted by molar-refractivity contribution is 5.78. The Morgan fingerprint density at radius 3 is 2.89 bits per heavy atom. The maximum Gasteiger partial charge on any atom is 0.234 e. The van der Waals surface area contributed by atoms with Crippen LogP contribution in [0.1, 0.15) is 18.5 Å². The molecule has 1 aromatic carbocycles. The first-order valence-electron chi connectivity index (χ1n) is 6.09. The smallest absolute Gasteiger partial charge is 0.234 e. The van der Waals surface area contributed by atoms with Crippen molar-refractivity contribution in [1.82, 2.24) is 10.2 Å². The van der Waals surface area contributed by atoms with E-state index >= 15 is 0 Å². The summed E-state index contributed by atoms with van der Waals surface area (Å²) in [5.74, 6) is -0.289. The van der Waals surface area contributed by atoms with Gasteiger partial charge >= 0.3 is 0 Å². The lowest BCUT2D eigenvalue weighted by molar-refractivity contribution is -0.125. The molecule has 2 atom stereocenters. The lowest BCUT2D eigenvalue weighted by Crippen LogP contribution is -2.52. The molecule has 0 bridgehead atoms. The van der Waals surface area contributed by atoms with Crippen LogP contribution in [0.25, 0.3) is 0 Å². The first-order valence-corrected chi connectivity index (χ1v) is 6.09. The number of hydrogen-bond donors (Lipinski definition) is 2. The second-order valence-electron chi connectivity index (χ2n) is 4.68. The third-order valence-corrected chi connectivity index (χ3v) is 3.15. The molecule has 1 amide bonds.